The Morgan fingerprint density at radius 2 is 1.96 bits per heavy atom. The molecule has 0 saturated carbocycles. The van der Waals surface area contributed by atoms with Crippen molar-refractivity contribution in [2.75, 3.05) is 38.1 Å². The van der Waals surface area contributed by atoms with Crippen molar-refractivity contribution in [1.82, 2.24) is 15.5 Å². The van der Waals surface area contributed by atoms with Crippen LogP contribution in [0.4, 0.5) is 10.5 Å². The number of nitrogens with one attached hydrogen (secondary N) is 2. The first-order valence-corrected chi connectivity index (χ1v) is 8.80. The van der Waals surface area contributed by atoms with Gasteiger partial charge in [-0.15, -0.1) is 6.58 Å². The predicted octanol–water partition coefficient (Wildman–Crippen LogP) is 2.12. The average molecular weight is 344 g/mol. The first kappa shape index (κ1) is 19.0. The number of hydrogen-bond donors (Lipinski definition) is 2. The summed E-state index contributed by atoms with van der Waals surface area (Å²) in [6.45, 7) is 6.85. The predicted molar refractivity (Wildman–Crippen MR) is 101 cm³/mol. The van der Waals surface area contributed by atoms with Crippen molar-refractivity contribution < 1.29 is 9.59 Å². The van der Waals surface area contributed by atoms with E-state index in [-0.39, 0.29) is 12.5 Å². The van der Waals surface area contributed by atoms with Crippen LogP contribution in [0.3, 0.4) is 0 Å². The van der Waals surface area contributed by atoms with Crippen LogP contribution in [0.25, 0.3) is 0 Å². The molecule has 136 valence electrons. The second kappa shape index (κ2) is 9.84. The van der Waals surface area contributed by atoms with Crippen molar-refractivity contribution in [2.24, 2.45) is 0 Å². The van der Waals surface area contributed by atoms with Gasteiger partial charge in [0.2, 0.25) is 5.91 Å². The number of para-hydroxylation sites is 1. The van der Waals surface area contributed by atoms with E-state index in [4.69, 9.17) is 0 Å². The first-order valence-electron chi connectivity index (χ1n) is 8.80. The number of piperidine rings is 1. The number of carbonyl (C=O) groups is 2. The second-order valence-electron chi connectivity index (χ2n) is 6.40. The van der Waals surface area contributed by atoms with Crippen LogP contribution in [0.1, 0.15) is 24.8 Å². The smallest absolute Gasteiger partial charge is 0.321 e. The molecule has 1 saturated heterocycles. The normalized spacial score (nSPS) is 14.2. The van der Waals surface area contributed by atoms with E-state index in [0.717, 1.165) is 13.1 Å². The molecule has 1 aromatic carbocycles. The van der Waals surface area contributed by atoms with E-state index in [1.807, 2.05) is 18.0 Å². The van der Waals surface area contributed by atoms with Crippen LogP contribution >= 0.6 is 0 Å². The fraction of sp³-hybridized carbons (Fsp3) is 0.474. The molecule has 2 N–H and O–H groups in total. The summed E-state index contributed by atoms with van der Waals surface area (Å²) in [5.74, 6) is -0.320. The fourth-order valence-electron chi connectivity index (χ4n) is 3.05. The lowest BCUT2D eigenvalue weighted by Gasteiger charge is -2.31. The summed E-state index contributed by atoms with van der Waals surface area (Å²) in [5, 5.41) is 4.84. The molecule has 0 radical (unpaired) electrons. The number of amides is 3. The Labute approximate surface area is 149 Å². The van der Waals surface area contributed by atoms with E-state index < -0.39 is 6.03 Å². The van der Waals surface area contributed by atoms with Gasteiger partial charge in [0.25, 0.3) is 0 Å². The Morgan fingerprint density at radius 3 is 2.68 bits per heavy atom. The van der Waals surface area contributed by atoms with Crippen LogP contribution in [-0.2, 0) is 11.3 Å². The summed E-state index contributed by atoms with van der Waals surface area (Å²) >= 11 is 0. The number of urea groups is 1. The van der Waals surface area contributed by atoms with Crippen LogP contribution in [0.15, 0.2) is 36.9 Å². The fourth-order valence-corrected chi connectivity index (χ4v) is 3.05. The molecule has 0 bridgehead atoms. The van der Waals surface area contributed by atoms with Crippen LogP contribution in [0.2, 0.25) is 0 Å². The average Bonchev–Trinajstić information content (AvgIpc) is 2.61. The highest BCUT2D eigenvalue weighted by atomic mass is 16.2. The number of anilines is 1. The quantitative estimate of drug-likeness (QED) is 0.744. The lowest BCUT2D eigenvalue weighted by atomic mass is 10.1. The van der Waals surface area contributed by atoms with Gasteiger partial charge in [0.1, 0.15) is 0 Å². The molecule has 0 aliphatic carbocycles. The van der Waals surface area contributed by atoms with E-state index in [9.17, 15) is 9.59 Å². The number of hydrogen-bond acceptors (Lipinski definition) is 4. The van der Waals surface area contributed by atoms with E-state index in [0.29, 0.717) is 13.1 Å². The van der Waals surface area contributed by atoms with Crippen LogP contribution in [-0.4, -0.2) is 50.1 Å². The molecule has 1 aliphatic rings. The minimum atomic E-state index is -0.494. The highest BCUT2D eigenvalue weighted by molar-refractivity contribution is 5.95. The number of benzene rings is 1. The van der Waals surface area contributed by atoms with Crippen molar-refractivity contribution >= 4 is 17.6 Å². The maximum atomic E-state index is 12.0. The Hall–Kier alpha value is -2.34. The van der Waals surface area contributed by atoms with E-state index >= 15 is 0 Å². The maximum Gasteiger partial charge on any atom is 0.321 e. The largest absolute Gasteiger partial charge is 0.371 e. The lowest BCUT2D eigenvalue weighted by Crippen LogP contribution is -2.43. The van der Waals surface area contributed by atoms with Gasteiger partial charge in [0.15, 0.2) is 0 Å². The molecular weight excluding hydrogens is 316 g/mol. The van der Waals surface area contributed by atoms with E-state index in [2.05, 4.69) is 40.3 Å². The van der Waals surface area contributed by atoms with E-state index in [1.54, 1.807) is 6.08 Å². The topological polar surface area (TPSA) is 64.7 Å². The molecule has 1 aliphatic heterocycles. The molecule has 1 aromatic rings. The van der Waals surface area contributed by atoms with Crippen LogP contribution < -0.4 is 15.5 Å². The van der Waals surface area contributed by atoms with Gasteiger partial charge < -0.3 is 10.2 Å². The summed E-state index contributed by atoms with van der Waals surface area (Å²) in [7, 11) is 1.88. The third kappa shape index (κ3) is 6.23. The zero-order chi connectivity index (χ0) is 18.1. The van der Waals surface area contributed by atoms with Gasteiger partial charge in [-0.1, -0.05) is 24.3 Å². The van der Waals surface area contributed by atoms with Crippen molar-refractivity contribution in [1.29, 1.82) is 0 Å². The molecule has 2 rings (SSSR count). The van der Waals surface area contributed by atoms with Gasteiger partial charge in [-0.3, -0.25) is 15.0 Å². The van der Waals surface area contributed by atoms with Gasteiger partial charge >= 0.3 is 6.03 Å². The monoisotopic (exact) mass is 344 g/mol. The summed E-state index contributed by atoms with van der Waals surface area (Å²) in [6, 6.07) is 7.85. The third-order valence-electron chi connectivity index (χ3n) is 4.20. The van der Waals surface area contributed by atoms with Gasteiger partial charge in [0, 0.05) is 31.9 Å². The number of likely N-dealkylation sites (N-methyl/N-ethyl adjacent to an activating group) is 1. The minimum Gasteiger partial charge on any atom is -0.371 e. The number of nitrogens with zero attached hydrogens (tertiary/aromatic N) is 2. The van der Waals surface area contributed by atoms with Gasteiger partial charge in [0.05, 0.1) is 6.54 Å². The number of carbonyl (C=O) groups excluding carboxylic acids is 2. The van der Waals surface area contributed by atoms with Crippen molar-refractivity contribution in [2.45, 2.75) is 25.8 Å². The standard InChI is InChI=1S/C19H28N4O2/c1-3-11-20-19(25)21-18(24)15-22(2)14-16-9-5-6-10-17(16)23-12-7-4-8-13-23/h3,5-6,9-10H,1,4,7-8,11-15H2,2H3,(H2,20,21,24,25). The van der Waals surface area contributed by atoms with Crippen molar-refractivity contribution in [3.8, 4) is 0 Å². The third-order valence-corrected chi connectivity index (χ3v) is 4.20. The molecule has 6 heteroatoms. The minimum absolute atomic E-state index is 0.163. The summed E-state index contributed by atoms with van der Waals surface area (Å²) in [4.78, 5) is 27.8. The Morgan fingerprint density at radius 1 is 1.24 bits per heavy atom. The molecule has 0 spiro atoms. The molecule has 3 amide bonds. The van der Waals surface area contributed by atoms with Gasteiger partial charge in [-0.25, -0.2) is 4.79 Å². The summed E-state index contributed by atoms with van der Waals surface area (Å²) in [5.41, 5.74) is 2.45. The summed E-state index contributed by atoms with van der Waals surface area (Å²) in [6.07, 6.45) is 5.32. The molecular formula is C19H28N4O2. The Kier molecular flexibility index (Phi) is 7.47. The molecule has 0 unspecified atom stereocenters. The molecule has 0 aromatic heterocycles. The van der Waals surface area contributed by atoms with Crippen LogP contribution in [0, 0.1) is 0 Å². The Balaban J connectivity index is 1.89. The van der Waals surface area contributed by atoms with Crippen molar-refractivity contribution in [3.63, 3.8) is 0 Å². The zero-order valence-corrected chi connectivity index (χ0v) is 15.0. The maximum absolute atomic E-state index is 12.0. The lowest BCUT2D eigenvalue weighted by molar-refractivity contribution is -0.120. The van der Waals surface area contributed by atoms with Crippen molar-refractivity contribution in [3.05, 3.63) is 42.5 Å². The summed E-state index contributed by atoms with van der Waals surface area (Å²) < 4.78 is 0. The number of rotatable bonds is 7. The van der Waals surface area contributed by atoms with E-state index in [1.165, 1.54) is 30.5 Å². The molecule has 0 atom stereocenters. The molecule has 1 heterocycles. The van der Waals surface area contributed by atoms with Gasteiger partial charge in [-0.2, -0.15) is 0 Å². The SMILES string of the molecule is C=CCNC(=O)NC(=O)CN(C)Cc1ccccc1N1CCCCC1. The van der Waals surface area contributed by atoms with Gasteiger partial charge in [-0.05, 0) is 37.9 Å². The highest BCUT2D eigenvalue weighted by Gasteiger charge is 2.16. The zero-order valence-electron chi connectivity index (χ0n) is 15.0. The van der Waals surface area contributed by atoms with Crippen LogP contribution in [0.5, 0.6) is 0 Å². The molecule has 25 heavy (non-hydrogen) atoms. The number of imide groups is 1. The molecule has 6 nitrogen and oxygen atoms in total. The second-order valence-corrected chi connectivity index (χ2v) is 6.40. The Bertz CT molecular complexity index is 597. The highest BCUT2D eigenvalue weighted by Crippen LogP contribution is 2.24. The molecule has 1 fully saturated rings. The first-order chi connectivity index (χ1) is 12.1.